The second-order valence-electron chi connectivity index (χ2n) is 7.30. The molecule has 0 aliphatic carbocycles. The zero-order valence-corrected chi connectivity index (χ0v) is 16.0. The third kappa shape index (κ3) is 9.81. The van der Waals surface area contributed by atoms with Gasteiger partial charge in [0.05, 0.1) is 5.75 Å². The van der Waals surface area contributed by atoms with Gasteiger partial charge in [-0.15, -0.1) is 0 Å². The van der Waals surface area contributed by atoms with Crippen LogP contribution in [0.4, 0.5) is 0 Å². The molecule has 0 aromatic rings. The van der Waals surface area contributed by atoms with E-state index in [0.29, 0.717) is 13.0 Å². The van der Waals surface area contributed by atoms with Crippen molar-refractivity contribution in [3.63, 3.8) is 0 Å². The van der Waals surface area contributed by atoms with E-state index in [1.807, 2.05) is 0 Å². The summed E-state index contributed by atoms with van der Waals surface area (Å²) >= 11 is 0. The number of aliphatic imine (C=N–C) groups is 1. The van der Waals surface area contributed by atoms with Gasteiger partial charge in [0.1, 0.15) is 9.84 Å². The molecule has 23 heavy (non-hydrogen) atoms. The summed E-state index contributed by atoms with van der Waals surface area (Å²) in [7, 11) is -1.14. The van der Waals surface area contributed by atoms with Crippen LogP contribution in [0.1, 0.15) is 39.5 Å². The van der Waals surface area contributed by atoms with Gasteiger partial charge in [0, 0.05) is 32.9 Å². The van der Waals surface area contributed by atoms with E-state index in [1.165, 1.54) is 38.6 Å². The first-order valence-corrected chi connectivity index (χ1v) is 10.6. The number of likely N-dealkylation sites (tertiary alicyclic amines) is 1. The fraction of sp³-hybridized carbons (Fsp3) is 0.938. The van der Waals surface area contributed by atoms with E-state index in [0.717, 1.165) is 19.0 Å². The van der Waals surface area contributed by atoms with Crippen molar-refractivity contribution in [2.24, 2.45) is 10.4 Å². The number of sulfone groups is 1. The molecule has 0 saturated carbocycles. The molecule has 0 radical (unpaired) electrons. The normalized spacial score (nSPS) is 18.0. The van der Waals surface area contributed by atoms with E-state index in [4.69, 9.17) is 0 Å². The number of piperidine rings is 1. The Morgan fingerprint density at radius 2 is 1.83 bits per heavy atom. The maximum Gasteiger partial charge on any atom is 0.191 e. The van der Waals surface area contributed by atoms with Crippen LogP contribution < -0.4 is 10.6 Å². The van der Waals surface area contributed by atoms with Crippen LogP contribution in [0, 0.1) is 5.41 Å². The van der Waals surface area contributed by atoms with E-state index < -0.39 is 9.84 Å². The van der Waals surface area contributed by atoms with Crippen LogP contribution in [-0.2, 0) is 9.84 Å². The van der Waals surface area contributed by atoms with Crippen molar-refractivity contribution in [3.05, 3.63) is 0 Å². The molecule has 136 valence electrons. The van der Waals surface area contributed by atoms with Crippen LogP contribution in [0.5, 0.6) is 0 Å². The quantitative estimate of drug-likeness (QED) is 0.508. The van der Waals surface area contributed by atoms with Crippen molar-refractivity contribution < 1.29 is 8.42 Å². The molecule has 2 N–H and O–H groups in total. The van der Waals surface area contributed by atoms with Gasteiger partial charge < -0.3 is 15.5 Å². The van der Waals surface area contributed by atoms with Gasteiger partial charge >= 0.3 is 0 Å². The SMILES string of the molecule is CN=C(NCCN1CCCCC1)NCC(C)(C)CCS(C)(=O)=O. The summed E-state index contributed by atoms with van der Waals surface area (Å²) < 4.78 is 22.6. The zero-order valence-electron chi connectivity index (χ0n) is 15.2. The van der Waals surface area contributed by atoms with Crippen molar-refractivity contribution >= 4 is 15.8 Å². The summed E-state index contributed by atoms with van der Waals surface area (Å²) in [5.41, 5.74) is -0.0897. The minimum absolute atomic E-state index is 0.0897. The lowest BCUT2D eigenvalue weighted by Gasteiger charge is -2.28. The lowest BCUT2D eigenvalue weighted by molar-refractivity contribution is 0.232. The molecule has 0 spiro atoms. The molecule has 1 aliphatic rings. The Morgan fingerprint density at radius 1 is 1.17 bits per heavy atom. The fourth-order valence-corrected chi connectivity index (χ4v) is 3.53. The second-order valence-corrected chi connectivity index (χ2v) is 9.56. The largest absolute Gasteiger partial charge is 0.356 e. The Morgan fingerprint density at radius 3 is 2.39 bits per heavy atom. The first-order valence-electron chi connectivity index (χ1n) is 8.56. The summed E-state index contributed by atoms with van der Waals surface area (Å²) in [6.45, 7) is 9.17. The Labute approximate surface area is 142 Å². The summed E-state index contributed by atoms with van der Waals surface area (Å²) in [6, 6.07) is 0. The predicted molar refractivity (Wildman–Crippen MR) is 97.8 cm³/mol. The lowest BCUT2D eigenvalue weighted by atomic mass is 9.90. The first kappa shape index (κ1) is 20.2. The highest BCUT2D eigenvalue weighted by Gasteiger charge is 2.20. The average Bonchev–Trinajstić information content (AvgIpc) is 2.49. The topological polar surface area (TPSA) is 73.8 Å². The molecular weight excluding hydrogens is 312 g/mol. The minimum atomic E-state index is -2.91. The second kappa shape index (κ2) is 9.47. The number of nitrogens with zero attached hydrogens (tertiary/aromatic N) is 2. The molecule has 1 aliphatic heterocycles. The maximum atomic E-state index is 11.3. The molecule has 0 unspecified atom stereocenters. The highest BCUT2D eigenvalue weighted by molar-refractivity contribution is 7.90. The number of nitrogens with one attached hydrogen (secondary N) is 2. The van der Waals surface area contributed by atoms with E-state index in [2.05, 4.69) is 34.4 Å². The Hall–Kier alpha value is -0.820. The third-order valence-electron chi connectivity index (χ3n) is 4.28. The first-order chi connectivity index (χ1) is 10.7. The van der Waals surface area contributed by atoms with Crippen LogP contribution in [0.15, 0.2) is 4.99 Å². The van der Waals surface area contributed by atoms with E-state index >= 15 is 0 Å². The van der Waals surface area contributed by atoms with Crippen LogP contribution in [0.2, 0.25) is 0 Å². The van der Waals surface area contributed by atoms with Gasteiger partial charge in [-0.3, -0.25) is 4.99 Å². The molecule has 1 saturated heterocycles. The monoisotopic (exact) mass is 346 g/mol. The number of hydrogen-bond acceptors (Lipinski definition) is 4. The van der Waals surface area contributed by atoms with E-state index in [1.54, 1.807) is 7.05 Å². The van der Waals surface area contributed by atoms with Gasteiger partial charge in [-0.05, 0) is 37.8 Å². The standard InChI is InChI=1S/C16H34N4O2S/c1-16(2,8-13-23(4,21)22)14-19-15(17-3)18-9-12-20-10-6-5-7-11-20/h5-14H2,1-4H3,(H2,17,18,19). The molecule has 0 amide bonds. The van der Waals surface area contributed by atoms with Crippen molar-refractivity contribution in [2.45, 2.75) is 39.5 Å². The fourth-order valence-electron chi connectivity index (χ4n) is 2.61. The number of rotatable bonds is 8. The molecule has 0 aromatic carbocycles. The van der Waals surface area contributed by atoms with E-state index in [9.17, 15) is 8.42 Å². The Balaban J connectivity index is 2.26. The van der Waals surface area contributed by atoms with Crippen LogP contribution in [0.3, 0.4) is 0 Å². The maximum absolute atomic E-state index is 11.3. The summed E-state index contributed by atoms with van der Waals surface area (Å²) in [5.74, 6) is 1.01. The van der Waals surface area contributed by atoms with Crippen molar-refractivity contribution in [3.8, 4) is 0 Å². The highest BCUT2D eigenvalue weighted by Crippen LogP contribution is 2.19. The molecule has 7 heteroatoms. The molecule has 0 atom stereocenters. The van der Waals surface area contributed by atoms with Crippen LogP contribution in [-0.4, -0.2) is 71.1 Å². The van der Waals surface area contributed by atoms with Gasteiger partial charge in [-0.1, -0.05) is 20.3 Å². The number of guanidine groups is 1. The Kier molecular flexibility index (Phi) is 8.33. The van der Waals surface area contributed by atoms with Crippen molar-refractivity contribution in [1.82, 2.24) is 15.5 Å². The van der Waals surface area contributed by atoms with Crippen molar-refractivity contribution in [1.29, 1.82) is 0 Å². The van der Waals surface area contributed by atoms with Crippen LogP contribution in [0.25, 0.3) is 0 Å². The molecule has 6 nitrogen and oxygen atoms in total. The molecule has 0 bridgehead atoms. The minimum Gasteiger partial charge on any atom is -0.356 e. The predicted octanol–water partition coefficient (Wildman–Crippen LogP) is 1.10. The van der Waals surface area contributed by atoms with Crippen molar-refractivity contribution in [2.75, 3.05) is 51.8 Å². The molecule has 1 heterocycles. The van der Waals surface area contributed by atoms with Gasteiger partial charge in [-0.2, -0.15) is 0 Å². The smallest absolute Gasteiger partial charge is 0.191 e. The molecule has 1 fully saturated rings. The van der Waals surface area contributed by atoms with Gasteiger partial charge in [0.25, 0.3) is 0 Å². The highest BCUT2D eigenvalue weighted by atomic mass is 32.2. The van der Waals surface area contributed by atoms with Gasteiger partial charge in [-0.25, -0.2) is 8.42 Å². The Bertz CT molecular complexity index is 468. The average molecular weight is 347 g/mol. The van der Waals surface area contributed by atoms with Gasteiger partial charge in [0.15, 0.2) is 5.96 Å². The molecule has 0 aromatic heterocycles. The summed E-state index contributed by atoms with van der Waals surface area (Å²) in [6.07, 6.45) is 5.90. The zero-order chi connectivity index (χ0) is 17.3. The molecular formula is C16H34N4O2S. The summed E-state index contributed by atoms with van der Waals surface area (Å²) in [5, 5.41) is 6.65. The summed E-state index contributed by atoms with van der Waals surface area (Å²) in [4.78, 5) is 6.73. The number of hydrogen-bond donors (Lipinski definition) is 2. The van der Waals surface area contributed by atoms with E-state index in [-0.39, 0.29) is 11.2 Å². The lowest BCUT2D eigenvalue weighted by Crippen LogP contribution is -2.45. The van der Waals surface area contributed by atoms with Gasteiger partial charge in [0.2, 0.25) is 0 Å². The van der Waals surface area contributed by atoms with Crippen LogP contribution >= 0.6 is 0 Å². The molecule has 1 rings (SSSR count). The third-order valence-corrected chi connectivity index (χ3v) is 5.22.